The van der Waals surface area contributed by atoms with E-state index in [1.54, 1.807) is 0 Å². The van der Waals surface area contributed by atoms with Crippen molar-refractivity contribution in [3.8, 4) is 0 Å². The minimum atomic E-state index is -0.180. The zero-order chi connectivity index (χ0) is 18.1. The summed E-state index contributed by atoms with van der Waals surface area (Å²) in [5, 5.41) is 0. The third kappa shape index (κ3) is 2.70. The summed E-state index contributed by atoms with van der Waals surface area (Å²) in [7, 11) is 0. The number of fused-ring (bicyclic) bond motifs is 2. The molecule has 0 bridgehead atoms. The molecule has 0 N–H and O–H groups in total. The highest BCUT2D eigenvalue weighted by molar-refractivity contribution is 7.99. The molecule has 0 amide bonds. The van der Waals surface area contributed by atoms with Gasteiger partial charge in [0.05, 0.1) is 5.41 Å². The van der Waals surface area contributed by atoms with Gasteiger partial charge in [-0.25, -0.2) is 0 Å². The van der Waals surface area contributed by atoms with E-state index in [4.69, 9.17) is 0 Å². The van der Waals surface area contributed by atoms with E-state index in [9.17, 15) is 0 Å². The third-order valence-corrected chi connectivity index (χ3v) is 6.64. The first-order valence-corrected chi connectivity index (χ1v) is 10.2. The molecular formula is C26H20S. The molecule has 0 saturated carbocycles. The van der Waals surface area contributed by atoms with Gasteiger partial charge < -0.3 is 0 Å². The first-order valence-electron chi connectivity index (χ1n) is 9.34. The van der Waals surface area contributed by atoms with E-state index in [2.05, 4.69) is 109 Å². The lowest BCUT2D eigenvalue weighted by molar-refractivity contribution is 0.584. The van der Waals surface area contributed by atoms with Crippen LogP contribution in [0.1, 0.15) is 22.3 Å². The summed E-state index contributed by atoms with van der Waals surface area (Å²) < 4.78 is 0. The Bertz CT molecular complexity index is 1020. The molecule has 0 aromatic heterocycles. The lowest BCUT2D eigenvalue weighted by Gasteiger charge is -2.41. The lowest BCUT2D eigenvalue weighted by Crippen LogP contribution is -2.35. The van der Waals surface area contributed by atoms with Crippen LogP contribution in [0, 0.1) is 0 Å². The van der Waals surface area contributed by atoms with Crippen molar-refractivity contribution >= 4 is 11.8 Å². The molecule has 0 atom stereocenters. The molecule has 27 heavy (non-hydrogen) atoms. The fourth-order valence-electron chi connectivity index (χ4n) is 4.31. The molecule has 0 spiro atoms. The van der Waals surface area contributed by atoms with Gasteiger partial charge in [-0.2, -0.15) is 0 Å². The molecule has 0 fully saturated rings. The molecule has 0 saturated heterocycles. The highest BCUT2D eigenvalue weighted by atomic mass is 32.2. The standard InChI is InChI=1S/C26H20S/c1-3-11-20(12-4-1)19-26(21-13-5-2-6-14-21)22-15-7-9-17-24(22)27-25-18-10-8-16-23(25)26/h1-18H,19H2. The number of hydrogen-bond acceptors (Lipinski definition) is 1. The van der Waals surface area contributed by atoms with E-state index in [0.29, 0.717) is 0 Å². The van der Waals surface area contributed by atoms with E-state index in [1.165, 1.54) is 32.0 Å². The van der Waals surface area contributed by atoms with E-state index < -0.39 is 0 Å². The van der Waals surface area contributed by atoms with E-state index >= 15 is 0 Å². The monoisotopic (exact) mass is 364 g/mol. The van der Waals surface area contributed by atoms with Gasteiger partial charge in [-0.05, 0) is 40.8 Å². The fraction of sp³-hybridized carbons (Fsp3) is 0.0769. The molecule has 1 heterocycles. The van der Waals surface area contributed by atoms with Gasteiger partial charge in [-0.1, -0.05) is 109 Å². The van der Waals surface area contributed by atoms with Crippen LogP contribution < -0.4 is 0 Å². The van der Waals surface area contributed by atoms with Crippen molar-refractivity contribution in [3.63, 3.8) is 0 Å². The van der Waals surface area contributed by atoms with Crippen molar-refractivity contribution < 1.29 is 0 Å². The predicted molar refractivity (Wildman–Crippen MR) is 113 cm³/mol. The Morgan fingerprint density at radius 3 is 1.59 bits per heavy atom. The smallest absolute Gasteiger partial charge is 0.0513 e. The average Bonchev–Trinajstić information content (AvgIpc) is 2.75. The van der Waals surface area contributed by atoms with Crippen molar-refractivity contribution in [2.45, 2.75) is 21.6 Å². The zero-order valence-electron chi connectivity index (χ0n) is 15.0. The number of benzene rings is 4. The fourth-order valence-corrected chi connectivity index (χ4v) is 5.54. The first-order chi connectivity index (χ1) is 13.4. The number of hydrogen-bond donors (Lipinski definition) is 0. The van der Waals surface area contributed by atoms with Crippen LogP contribution in [-0.4, -0.2) is 0 Å². The van der Waals surface area contributed by atoms with Crippen LogP contribution in [0.2, 0.25) is 0 Å². The van der Waals surface area contributed by atoms with Gasteiger partial charge in [0.25, 0.3) is 0 Å². The lowest BCUT2D eigenvalue weighted by atomic mass is 9.66. The Morgan fingerprint density at radius 2 is 1.00 bits per heavy atom. The number of rotatable bonds is 3. The minimum absolute atomic E-state index is 0.180. The molecule has 5 rings (SSSR count). The molecule has 0 aliphatic carbocycles. The second-order valence-electron chi connectivity index (χ2n) is 7.03. The molecule has 1 aliphatic rings. The quantitative estimate of drug-likeness (QED) is 0.388. The SMILES string of the molecule is c1ccc(CC2(c3ccccc3)c3ccccc3Sc3ccccc32)cc1. The van der Waals surface area contributed by atoms with Gasteiger partial charge in [0, 0.05) is 9.79 Å². The highest BCUT2D eigenvalue weighted by Crippen LogP contribution is 2.53. The first kappa shape index (κ1) is 16.4. The molecule has 4 aromatic carbocycles. The summed E-state index contributed by atoms with van der Waals surface area (Å²) in [5.41, 5.74) is 5.35. The van der Waals surface area contributed by atoms with Crippen molar-refractivity contribution in [3.05, 3.63) is 131 Å². The van der Waals surface area contributed by atoms with Crippen LogP contribution in [0.3, 0.4) is 0 Å². The average molecular weight is 365 g/mol. The van der Waals surface area contributed by atoms with E-state index in [1.807, 2.05) is 11.8 Å². The molecule has 1 heteroatoms. The molecule has 0 nitrogen and oxygen atoms in total. The van der Waals surface area contributed by atoms with Crippen LogP contribution in [0.4, 0.5) is 0 Å². The normalized spacial score (nSPS) is 14.2. The van der Waals surface area contributed by atoms with E-state index in [-0.39, 0.29) is 5.41 Å². The van der Waals surface area contributed by atoms with E-state index in [0.717, 1.165) is 6.42 Å². The second-order valence-corrected chi connectivity index (χ2v) is 8.11. The topological polar surface area (TPSA) is 0 Å². The Morgan fingerprint density at radius 1 is 0.519 bits per heavy atom. The second kappa shape index (κ2) is 6.75. The van der Waals surface area contributed by atoms with Gasteiger partial charge >= 0.3 is 0 Å². The Balaban J connectivity index is 1.85. The predicted octanol–water partition coefficient (Wildman–Crippen LogP) is 6.73. The molecule has 1 aliphatic heterocycles. The molecule has 0 unspecified atom stereocenters. The van der Waals surface area contributed by atoms with Crippen molar-refractivity contribution in [1.29, 1.82) is 0 Å². The zero-order valence-corrected chi connectivity index (χ0v) is 15.8. The maximum atomic E-state index is 2.31. The van der Waals surface area contributed by atoms with Crippen molar-refractivity contribution in [1.82, 2.24) is 0 Å². The summed E-state index contributed by atoms with van der Waals surface area (Å²) in [6.07, 6.45) is 0.951. The third-order valence-electron chi connectivity index (χ3n) is 5.49. The maximum absolute atomic E-state index is 2.31. The molecule has 4 aromatic rings. The van der Waals surface area contributed by atoms with Crippen LogP contribution in [-0.2, 0) is 11.8 Å². The van der Waals surface area contributed by atoms with Crippen LogP contribution in [0.25, 0.3) is 0 Å². The highest BCUT2D eigenvalue weighted by Gasteiger charge is 2.42. The minimum Gasteiger partial charge on any atom is -0.0894 e. The van der Waals surface area contributed by atoms with Crippen molar-refractivity contribution in [2.24, 2.45) is 0 Å². The van der Waals surface area contributed by atoms with Crippen LogP contribution in [0.5, 0.6) is 0 Å². The van der Waals surface area contributed by atoms with Crippen molar-refractivity contribution in [2.75, 3.05) is 0 Å². The Labute approximate surface area is 164 Å². The summed E-state index contributed by atoms with van der Waals surface area (Å²) in [6.45, 7) is 0. The Kier molecular flexibility index (Phi) is 4.10. The summed E-state index contributed by atoms with van der Waals surface area (Å²) >= 11 is 1.89. The van der Waals surface area contributed by atoms with Crippen LogP contribution >= 0.6 is 11.8 Å². The maximum Gasteiger partial charge on any atom is 0.0513 e. The summed E-state index contributed by atoms with van der Waals surface area (Å²) in [6, 6.07) is 39.7. The van der Waals surface area contributed by atoms with Gasteiger partial charge in [0.2, 0.25) is 0 Å². The molecular weight excluding hydrogens is 344 g/mol. The van der Waals surface area contributed by atoms with Gasteiger partial charge in [0.15, 0.2) is 0 Å². The summed E-state index contributed by atoms with van der Waals surface area (Å²) in [4.78, 5) is 2.71. The molecule has 130 valence electrons. The molecule has 0 radical (unpaired) electrons. The summed E-state index contributed by atoms with van der Waals surface area (Å²) in [5.74, 6) is 0. The largest absolute Gasteiger partial charge is 0.0894 e. The van der Waals surface area contributed by atoms with Gasteiger partial charge in [-0.15, -0.1) is 0 Å². The Hall–Kier alpha value is -2.77. The van der Waals surface area contributed by atoms with Gasteiger partial charge in [0.1, 0.15) is 0 Å². The van der Waals surface area contributed by atoms with Gasteiger partial charge in [-0.3, -0.25) is 0 Å². The van der Waals surface area contributed by atoms with Crippen LogP contribution in [0.15, 0.2) is 119 Å².